The zero-order valence-electron chi connectivity index (χ0n) is 9.34. The van der Waals surface area contributed by atoms with E-state index in [9.17, 15) is 0 Å². The van der Waals surface area contributed by atoms with Gasteiger partial charge >= 0.3 is 0 Å². The molecule has 4 nitrogen and oxygen atoms in total. The van der Waals surface area contributed by atoms with Crippen molar-refractivity contribution in [2.24, 2.45) is 0 Å². The minimum Gasteiger partial charge on any atom is -0.435 e. The molecule has 2 aromatic heterocycles. The second-order valence-electron chi connectivity index (χ2n) is 3.88. The first-order valence-corrected chi connectivity index (χ1v) is 5.33. The van der Waals surface area contributed by atoms with E-state index in [1.54, 1.807) is 12.3 Å². The number of aromatic nitrogens is 2. The molecule has 0 saturated heterocycles. The minimum atomic E-state index is 0.510. The number of hydrogen-bond acceptors (Lipinski definition) is 4. The van der Waals surface area contributed by atoms with Crippen molar-refractivity contribution in [2.75, 3.05) is 5.73 Å². The monoisotopic (exact) mass is 225 g/mol. The number of fused-ring (bicyclic) bond motifs is 1. The lowest BCUT2D eigenvalue weighted by atomic mass is 10.2. The van der Waals surface area contributed by atoms with Crippen LogP contribution in [0.3, 0.4) is 0 Å². The Morgan fingerprint density at radius 3 is 2.82 bits per heavy atom. The van der Waals surface area contributed by atoms with Gasteiger partial charge in [0.2, 0.25) is 5.89 Å². The first kappa shape index (κ1) is 9.84. The minimum absolute atomic E-state index is 0.510. The Bertz CT molecular complexity index is 688. The zero-order chi connectivity index (χ0) is 11.8. The van der Waals surface area contributed by atoms with Crippen LogP contribution in [0.1, 0.15) is 5.56 Å². The van der Waals surface area contributed by atoms with Gasteiger partial charge in [0.25, 0.3) is 0 Å². The van der Waals surface area contributed by atoms with E-state index in [0.717, 1.165) is 11.3 Å². The van der Waals surface area contributed by atoms with Gasteiger partial charge in [-0.2, -0.15) is 0 Å². The second kappa shape index (κ2) is 3.59. The topological polar surface area (TPSA) is 64.9 Å². The highest BCUT2D eigenvalue weighted by Crippen LogP contribution is 2.27. The summed E-state index contributed by atoms with van der Waals surface area (Å²) >= 11 is 0. The third-order valence-corrected chi connectivity index (χ3v) is 2.66. The van der Waals surface area contributed by atoms with Crippen molar-refractivity contribution in [3.8, 4) is 11.6 Å². The molecule has 3 rings (SSSR count). The summed E-state index contributed by atoms with van der Waals surface area (Å²) in [5.41, 5.74) is 9.61. The van der Waals surface area contributed by atoms with Crippen molar-refractivity contribution < 1.29 is 4.42 Å². The lowest BCUT2D eigenvalue weighted by Crippen LogP contribution is -1.88. The second-order valence-corrected chi connectivity index (χ2v) is 3.88. The van der Waals surface area contributed by atoms with Gasteiger partial charge in [0.1, 0.15) is 11.2 Å². The summed E-state index contributed by atoms with van der Waals surface area (Å²) in [7, 11) is 0. The van der Waals surface area contributed by atoms with Crippen LogP contribution in [0.5, 0.6) is 0 Å². The number of nitrogens with two attached hydrogens (primary N) is 1. The fraction of sp³-hybridized carbons (Fsp3) is 0.0769. The molecule has 3 aromatic rings. The highest BCUT2D eigenvalue weighted by molar-refractivity contribution is 5.87. The first-order chi connectivity index (χ1) is 8.25. The molecule has 0 aliphatic rings. The highest BCUT2D eigenvalue weighted by atomic mass is 16.3. The van der Waals surface area contributed by atoms with E-state index in [1.165, 1.54) is 0 Å². The maximum absolute atomic E-state index is 5.84. The van der Waals surface area contributed by atoms with Crippen molar-refractivity contribution in [1.29, 1.82) is 0 Å². The largest absolute Gasteiger partial charge is 0.435 e. The molecule has 84 valence electrons. The molecule has 0 saturated carbocycles. The fourth-order valence-electron chi connectivity index (χ4n) is 1.78. The maximum Gasteiger partial charge on any atom is 0.246 e. The number of pyridine rings is 1. The number of hydrogen-bond donors (Lipinski definition) is 1. The van der Waals surface area contributed by atoms with E-state index in [-0.39, 0.29) is 0 Å². The lowest BCUT2D eigenvalue weighted by Gasteiger charge is -1.97. The molecular weight excluding hydrogens is 214 g/mol. The zero-order valence-corrected chi connectivity index (χ0v) is 9.34. The van der Waals surface area contributed by atoms with Gasteiger partial charge in [-0.05, 0) is 30.7 Å². The van der Waals surface area contributed by atoms with Gasteiger partial charge < -0.3 is 10.2 Å². The number of nitrogens with zero attached hydrogens (tertiary/aromatic N) is 2. The van der Waals surface area contributed by atoms with Crippen LogP contribution >= 0.6 is 0 Å². The molecule has 0 fully saturated rings. The Hall–Kier alpha value is -2.36. The third-order valence-electron chi connectivity index (χ3n) is 2.66. The Morgan fingerprint density at radius 2 is 2.06 bits per heavy atom. The number of benzene rings is 1. The fourth-order valence-corrected chi connectivity index (χ4v) is 1.78. The standard InChI is InChI=1S/C13H11N3O/c1-8-4-3-7-15-11(8)13-16-12-9(14)5-2-6-10(12)17-13/h2-7H,14H2,1H3. The van der Waals surface area contributed by atoms with Crippen LogP contribution in [0.4, 0.5) is 5.69 Å². The van der Waals surface area contributed by atoms with Gasteiger partial charge in [0, 0.05) is 6.20 Å². The van der Waals surface area contributed by atoms with E-state index in [4.69, 9.17) is 10.2 Å². The molecule has 0 bridgehead atoms. The number of rotatable bonds is 1. The summed E-state index contributed by atoms with van der Waals surface area (Å²) < 4.78 is 5.66. The predicted octanol–water partition coefficient (Wildman–Crippen LogP) is 2.78. The summed E-state index contributed by atoms with van der Waals surface area (Å²) in [6.07, 6.45) is 1.72. The average Bonchev–Trinajstić information content (AvgIpc) is 2.75. The van der Waals surface area contributed by atoms with Crippen molar-refractivity contribution in [3.63, 3.8) is 0 Å². The van der Waals surface area contributed by atoms with E-state index in [1.807, 2.05) is 31.2 Å². The van der Waals surface area contributed by atoms with Gasteiger partial charge in [0.15, 0.2) is 5.58 Å². The van der Waals surface area contributed by atoms with Crippen molar-refractivity contribution in [3.05, 3.63) is 42.1 Å². The Kier molecular flexibility index (Phi) is 2.08. The van der Waals surface area contributed by atoms with Gasteiger partial charge in [-0.1, -0.05) is 12.1 Å². The summed E-state index contributed by atoms with van der Waals surface area (Å²) in [4.78, 5) is 8.67. The van der Waals surface area contributed by atoms with Crippen LogP contribution in [0.25, 0.3) is 22.7 Å². The van der Waals surface area contributed by atoms with Gasteiger partial charge in [0.05, 0.1) is 5.69 Å². The molecule has 0 radical (unpaired) electrons. The average molecular weight is 225 g/mol. The normalized spacial score (nSPS) is 10.9. The highest BCUT2D eigenvalue weighted by Gasteiger charge is 2.12. The molecule has 2 heterocycles. The van der Waals surface area contributed by atoms with Crippen LogP contribution in [0.2, 0.25) is 0 Å². The molecule has 0 aliphatic heterocycles. The molecule has 0 amide bonds. The molecule has 0 unspecified atom stereocenters. The van der Waals surface area contributed by atoms with Crippen LogP contribution in [0.15, 0.2) is 40.9 Å². The number of anilines is 1. The summed E-state index contributed by atoms with van der Waals surface area (Å²) in [6, 6.07) is 9.36. The number of nitrogen functional groups attached to an aromatic ring is 1. The number of aryl methyl sites for hydroxylation is 1. The maximum atomic E-state index is 5.84. The Morgan fingerprint density at radius 1 is 1.18 bits per heavy atom. The Balaban J connectivity index is 2.26. The molecule has 2 N–H and O–H groups in total. The lowest BCUT2D eigenvalue weighted by molar-refractivity contribution is 0.616. The van der Waals surface area contributed by atoms with Crippen molar-refractivity contribution >= 4 is 16.8 Å². The molecule has 1 aromatic carbocycles. The summed E-state index contributed by atoms with van der Waals surface area (Å²) in [6.45, 7) is 1.97. The summed E-state index contributed by atoms with van der Waals surface area (Å²) in [5, 5.41) is 0. The van der Waals surface area contributed by atoms with Crippen LogP contribution < -0.4 is 5.73 Å². The Labute approximate surface area is 98.1 Å². The van der Waals surface area contributed by atoms with Gasteiger partial charge in [-0.25, -0.2) is 4.98 Å². The third kappa shape index (κ3) is 1.54. The van der Waals surface area contributed by atoms with Crippen LogP contribution in [0, 0.1) is 6.92 Å². The molecule has 0 aliphatic carbocycles. The van der Waals surface area contributed by atoms with Gasteiger partial charge in [-0.3, -0.25) is 4.98 Å². The SMILES string of the molecule is Cc1cccnc1-c1nc2c(N)cccc2o1. The quantitative estimate of drug-likeness (QED) is 0.647. The van der Waals surface area contributed by atoms with E-state index < -0.39 is 0 Å². The molecule has 0 spiro atoms. The number of para-hydroxylation sites is 1. The van der Waals surface area contributed by atoms with Crippen LogP contribution in [-0.2, 0) is 0 Å². The van der Waals surface area contributed by atoms with E-state index >= 15 is 0 Å². The summed E-state index contributed by atoms with van der Waals surface area (Å²) in [5.74, 6) is 0.510. The number of oxazole rings is 1. The molecule has 0 atom stereocenters. The van der Waals surface area contributed by atoms with Gasteiger partial charge in [-0.15, -0.1) is 0 Å². The predicted molar refractivity (Wildman–Crippen MR) is 66.4 cm³/mol. The molecule has 17 heavy (non-hydrogen) atoms. The van der Waals surface area contributed by atoms with E-state index in [2.05, 4.69) is 9.97 Å². The van der Waals surface area contributed by atoms with Crippen molar-refractivity contribution in [2.45, 2.75) is 6.92 Å². The smallest absolute Gasteiger partial charge is 0.246 e. The first-order valence-electron chi connectivity index (χ1n) is 5.33. The van der Waals surface area contributed by atoms with E-state index in [0.29, 0.717) is 22.7 Å². The van der Waals surface area contributed by atoms with Crippen molar-refractivity contribution in [1.82, 2.24) is 9.97 Å². The molecule has 4 heteroatoms. The molecular formula is C13H11N3O. The van der Waals surface area contributed by atoms with Crippen LogP contribution in [-0.4, -0.2) is 9.97 Å².